The first-order valence-electron chi connectivity index (χ1n) is 56.3. The van der Waals surface area contributed by atoms with E-state index in [9.17, 15) is 58.8 Å². The van der Waals surface area contributed by atoms with Crippen LogP contribution in [-0.2, 0) is 48.3 Å². The predicted octanol–water partition coefficient (Wildman–Crippen LogP) is 19.2. The number of nitrogens with zero attached hydrogens (tertiary/aromatic N) is 8. The number of nitrogens with one attached hydrogen (secondary N) is 2. The molecule has 12 N–H and O–H groups in total. The van der Waals surface area contributed by atoms with E-state index in [1.54, 1.807) is 42.7 Å². The van der Waals surface area contributed by atoms with Crippen molar-refractivity contribution in [3.63, 3.8) is 0 Å². The number of aromatic nitrogens is 8. The molecule has 30 heteroatoms. The van der Waals surface area contributed by atoms with Crippen LogP contribution in [0.15, 0.2) is 49.6 Å². The minimum atomic E-state index is -1.01. The van der Waals surface area contributed by atoms with Crippen LogP contribution >= 0.6 is 15.9 Å². The zero-order valence-corrected chi connectivity index (χ0v) is 94.4. The molecule has 16 aliphatic rings. The number of esters is 2. The molecular weight excluding hydrogens is 1950 g/mol. The Bertz CT molecular complexity index is 5050. The molecule has 0 spiro atoms. The van der Waals surface area contributed by atoms with E-state index in [4.69, 9.17) is 9.84 Å². The molecule has 16 fully saturated rings. The quantitative estimate of drug-likeness (QED) is 0.0231. The summed E-state index contributed by atoms with van der Waals surface area (Å²) in [6.07, 6.45) is 52.6. The van der Waals surface area contributed by atoms with Crippen molar-refractivity contribution in [3.05, 3.63) is 71.8 Å². The Balaban J connectivity index is 0.000000252. The van der Waals surface area contributed by atoms with Crippen LogP contribution in [0, 0.1) is 162 Å². The Morgan fingerprint density at radius 2 is 0.653 bits per heavy atom. The van der Waals surface area contributed by atoms with Crippen molar-refractivity contribution in [3.8, 4) is 0 Å². The summed E-state index contributed by atoms with van der Waals surface area (Å²) in [5.74, 6) is 10.9. The van der Waals surface area contributed by atoms with Crippen molar-refractivity contribution in [2.24, 2.45) is 167 Å². The second kappa shape index (κ2) is 52.3. The van der Waals surface area contributed by atoms with Gasteiger partial charge in [0.15, 0.2) is 17.3 Å². The predicted molar refractivity (Wildman–Crippen MR) is 591 cm³/mol. The summed E-state index contributed by atoms with van der Waals surface area (Å²) in [6, 6.07) is 0. The van der Waals surface area contributed by atoms with Gasteiger partial charge in [0, 0.05) is 55.5 Å². The molecule has 150 heavy (non-hydrogen) atoms. The fourth-order valence-electron chi connectivity index (χ4n) is 36.0. The minimum Gasteiger partial charge on any atom is -0.870 e. The van der Waals surface area contributed by atoms with Gasteiger partial charge in [0.1, 0.15) is 5.78 Å². The Morgan fingerprint density at radius 1 is 0.387 bits per heavy atom. The number of carbonyl (C=O) groups is 8. The first-order valence-corrected chi connectivity index (χ1v) is 57.4. The molecule has 4 heterocycles. The fraction of sp³-hybridized carbons (Fsp3) is 0.833. The molecule has 848 valence electrons. The molecule has 0 unspecified atom stereocenters. The number of Topliss-reactive ketones (excluding diaryl/α,β-unsaturated/α-hetero) is 4. The SMILES string of the molecule is C.C.C.C.CCN(CC)CC.CCOC(=O)c1cn[nH]c1.CCOC(=O)c1cnn(CC(=O)[C@H]2CC[C@H]3[C@@H]4CC[C@H]5C[C@](C)(O)CC[C@]5(C)[C@H]4CC[C@]23C)c1.CN.CNC(=O)c1cnn(CC(=O)[C@H]2CC[C@H]3[C@@H]4CC[C@H]5C[C@](C)(O)CC[C@]5(C)[C@H]4CC[C@]23C)c1.C[C@@]1(O)CC[C@@]2(C)[C@@H](CC[C@@H]3[C@@H]2CC[C@]2(C)[C@@H](C(=O)CBr)CC[C@@H]32)C1.C[C@@]1(O)CC[C@@]2(C)[C@@H](CC[C@@H]3[C@@H]2CC[C@]2(C)[C@@H](C(=O)Cn4cc(C(=O)O)cn4)CC[C@@H]32)C1.O.[Li+].[OH-]. The number of aromatic carboxylic acids is 1. The average molecular weight is 2160 g/mol. The maximum Gasteiger partial charge on any atom is 1.00 e. The zero-order valence-electron chi connectivity index (χ0n) is 92.8. The topological polar surface area (TPSA) is 441 Å². The van der Waals surface area contributed by atoms with Crippen LogP contribution in [0.5, 0.6) is 0 Å². The van der Waals surface area contributed by atoms with Crippen molar-refractivity contribution < 1.29 is 103 Å². The van der Waals surface area contributed by atoms with Crippen LogP contribution in [0.2, 0.25) is 0 Å². The molecular formula is C120H203BrLiN11O17. The van der Waals surface area contributed by atoms with Crippen LogP contribution in [-0.4, -0.2) is 203 Å². The number of alkyl halides is 1. The maximum atomic E-state index is 13.5. The average Bonchev–Trinajstić information content (AvgIpc) is 1.46. The molecule has 16 saturated carbocycles. The monoisotopic (exact) mass is 2160 g/mol. The first-order chi connectivity index (χ1) is 67.6. The Labute approximate surface area is 921 Å². The normalized spacial score (nSPS) is 39.7. The summed E-state index contributed by atoms with van der Waals surface area (Å²) >= 11 is 3.43. The molecule has 20 rings (SSSR count). The number of hydrogen-bond acceptors (Lipinski definition) is 21. The molecule has 16 aliphatic carbocycles. The fourth-order valence-corrected chi connectivity index (χ4v) is 36.4. The summed E-state index contributed by atoms with van der Waals surface area (Å²) in [5.41, 5.74) is 5.94. The molecule has 0 aromatic carbocycles. The number of hydrogen-bond donors (Lipinski definition) is 8. The second-order valence-corrected chi connectivity index (χ2v) is 51.9. The van der Waals surface area contributed by atoms with Gasteiger partial charge in [-0.05, 0) is 437 Å². The van der Waals surface area contributed by atoms with Crippen LogP contribution < -0.4 is 29.9 Å². The number of ether oxygens (including phenoxy) is 2. The van der Waals surface area contributed by atoms with Crippen molar-refractivity contribution in [2.45, 2.75) is 421 Å². The van der Waals surface area contributed by atoms with Gasteiger partial charge in [-0.3, -0.25) is 43.1 Å². The van der Waals surface area contributed by atoms with Crippen molar-refractivity contribution >= 4 is 62.9 Å². The number of halogens is 1. The molecule has 32 atom stereocenters. The molecule has 1 amide bonds. The van der Waals surface area contributed by atoms with Crippen molar-refractivity contribution in [1.82, 2.24) is 49.8 Å². The molecule has 0 aliphatic heterocycles. The van der Waals surface area contributed by atoms with E-state index in [2.05, 4.69) is 138 Å². The first kappa shape index (κ1) is 131. The van der Waals surface area contributed by atoms with Gasteiger partial charge in [-0.2, -0.15) is 20.4 Å². The van der Waals surface area contributed by atoms with Crippen LogP contribution in [0.25, 0.3) is 0 Å². The van der Waals surface area contributed by atoms with Crippen LogP contribution in [0.1, 0.15) is 420 Å². The summed E-state index contributed by atoms with van der Waals surface area (Å²) < 4.78 is 14.5. The van der Waals surface area contributed by atoms with Gasteiger partial charge in [0.25, 0.3) is 5.91 Å². The van der Waals surface area contributed by atoms with Gasteiger partial charge in [0.2, 0.25) is 0 Å². The summed E-state index contributed by atoms with van der Waals surface area (Å²) in [7, 11) is 3.10. The number of amides is 1. The third-order valence-corrected chi connectivity index (χ3v) is 44.5. The number of carboxylic acid groups (broad SMARTS) is 1. The summed E-state index contributed by atoms with van der Waals surface area (Å²) in [6.45, 7) is 42.8. The number of nitrogens with two attached hydrogens (primary N) is 1. The number of fused-ring (bicyclic) bond motifs is 20. The van der Waals surface area contributed by atoms with E-state index in [-0.39, 0.29) is 165 Å². The molecule has 4 aromatic rings. The molecule has 0 radical (unpaired) electrons. The van der Waals surface area contributed by atoms with Gasteiger partial charge in [-0.25, -0.2) is 14.4 Å². The number of carboxylic acids is 1. The van der Waals surface area contributed by atoms with Crippen LogP contribution in [0.4, 0.5) is 0 Å². The van der Waals surface area contributed by atoms with Crippen molar-refractivity contribution in [1.29, 1.82) is 0 Å². The van der Waals surface area contributed by atoms with Crippen molar-refractivity contribution in [2.75, 3.05) is 52.3 Å². The third-order valence-electron chi connectivity index (χ3n) is 44.0. The standard InChI is InChI=1S/C28H42N2O4.C27H41N3O3.C26H38N2O4.C22H35BrO2.C6H8N2O2.C6H15N.CH5N.4CH4.Li.2H2O/c1-5-34-25(32)18-15-29-30(16-18)17-24(31)23-9-8-21-20-7-6-19-14-26(2,33)12-13-27(19,3)22(20)10-11-28(21,23)4;1-25(33)11-12-26(2)18(13-25)5-6-19-20-7-8-22(27(20,3)10-9-21(19)26)23(31)16-30-15-17(14-29-30)24(32)28-4;1-24(32)10-11-25(2)17(12-24)4-5-18-19-6-7-21(26(19,3)9-8-20(18)25)22(29)15-28-14-16(13-27-28)23(30)31;1-20(25)10-11-21(2)14(12-20)4-5-15-16-6-7-18(19(24)13-23)22(16,3)9-8-17(15)21;1-2-10-6(9)5-3-7-8-4-5;1-4-7(5-2)6-3;1-2;;;;;;;/h15-16,19-23,33H,5-14,17H2,1-4H3;14-15,18-22,33H,5-13,16H2,1-4H3,(H,28,32);13-14,17-21,32H,4-12,15H2,1-3H3,(H,30,31);14-18,25H,4-13H2,1-3H3;3-4H,2H2,1H3,(H,7,8);4-6H2,1-3H3;2H2,1H3;4*1H4;;2*1H2/q;;;;;;;;;;;+1;;/p-1/t19-,20-,21-,22-,23+,26+,27-,28-;18-,19-,20-,21-,22+,25+,26-,27-;17-,18-,19-,20-,21+,24+,25-,26-;14-,15-,16-,17-,18+,20+,21-,22-;;;;;;;;;;/m0000........../s1. The Morgan fingerprint density at radius 3 is 0.907 bits per heavy atom. The molecule has 0 saturated heterocycles. The van der Waals surface area contributed by atoms with Gasteiger partial charge in [-0.1, -0.05) is 122 Å². The van der Waals surface area contributed by atoms with Gasteiger partial charge >= 0.3 is 36.8 Å². The smallest absolute Gasteiger partial charge is 0.870 e. The summed E-state index contributed by atoms with van der Waals surface area (Å²) in [5, 5.41) is 73.7. The van der Waals surface area contributed by atoms with E-state index in [1.165, 1.54) is 165 Å². The Hall–Kier alpha value is -5.84. The van der Waals surface area contributed by atoms with E-state index in [1.807, 2.05) is 27.7 Å². The largest absolute Gasteiger partial charge is 1.00 e. The third kappa shape index (κ3) is 26.3. The van der Waals surface area contributed by atoms with E-state index >= 15 is 0 Å². The summed E-state index contributed by atoms with van der Waals surface area (Å²) in [4.78, 5) is 101. The van der Waals surface area contributed by atoms with Crippen LogP contribution in [0.3, 0.4) is 0 Å². The maximum absolute atomic E-state index is 13.5. The second-order valence-electron chi connectivity index (χ2n) is 51.3. The number of ketones is 4. The molecule has 0 bridgehead atoms. The van der Waals surface area contributed by atoms with E-state index in [0.717, 1.165) is 170 Å². The Kier molecular flexibility index (Phi) is 45.7. The van der Waals surface area contributed by atoms with Gasteiger partial charge in [-0.15, -0.1) is 0 Å². The number of aliphatic hydroxyl groups is 4. The van der Waals surface area contributed by atoms with Gasteiger partial charge < -0.3 is 61.9 Å². The number of H-pyrrole nitrogens is 1. The molecule has 4 aromatic heterocycles. The van der Waals surface area contributed by atoms with E-state index < -0.39 is 28.4 Å². The minimum absolute atomic E-state index is 0. The number of carbonyl (C=O) groups excluding carboxylic acids is 7. The van der Waals surface area contributed by atoms with Gasteiger partial charge in [0.05, 0.1) is 108 Å². The number of aromatic amines is 1. The van der Waals surface area contributed by atoms with E-state index in [0.29, 0.717) is 122 Å². The molecule has 28 nitrogen and oxygen atoms in total. The zero-order chi connectivity index (χ0) is 104. The number of rotatable bonds is 20.